The van der Waals surface area contributed by atoms with Gasteiger partial charge in [-0.3, -0.25) is 9.79 Å². The standard InChI is InChI=1S/C13H27N3O2/c1-4-6-7-10-15-13(14-3)16-11-8-9-12(17)18-5-2/h4-11H2,1-3H3,(H2,14,15,16). The van der Waals surface area contributed by atoms with Crippen molar-refractivity contribution in [2.75, 3.05) is 26.7 Å². The summed E-state index contributed by atoms with van der Waals surface area (Å²) in [5.41, 5.74) is 0. The number of guanidine groups is 1. The lowest BCUT2D eigenvalue weighted by Crippen LogP contribution is -2.38. The highest BCUT2D eigenvalue weighted by molar-refractivity contribution is 5.79. The van der Waals surface area contributed by atoms with E-state index in [0.29, 0.717) is 13.0 Å². The molecule has 18 heavy (non-hydrogen) atoms. The summed E-state index contributed by atoms with van der Waals surface area (Å²) in [5.74, 6) is 0.667. The molecule has 0 radical (unpaired) electrons. The molecule has 0 saturated heterocycles. The van der Waals surface area contributed by atoms with E-state index in [4.69, 9.17) is 4.74 Å². The van der Waals surface area contributed by atoms with Crippen molar-refractivity contribution in [1.29, 1.82) is 0 Å². The van der Waals surface area contributed by atoms with E-state index in [1.807, 2.05) is 6.92 Å². The van der Waals surface area contributed by atoms with Crippen LogP contribution in [0.25, 0.3) is 0 Å². The van der Waals surface area contributed by atoms with Gasteiger partial charge in [0.05, 0.1) is 6.61 Å². The van der Waals surface area contributed by atoms with Crippen LogP contribution in [0.15, 0.2) is 4.99 Å². The molecule has 5 nitrogen and oxygen atoms in total. The van der Waals surface area contributed by atoms with E-state index in [-0.39, 0.29) is 5.97 Å². The van der Waals surface area contributed by atoms with Gasteiger partial charge in [-0.25, -0.2) is 0 Å². The third-order valence-corrected chi connectivity index (χ3v) is 2.45. The van der Waals surface area contributed by atoms with Gasteiger partial charge in [-0.05, 0) is 19.8 Å². The van der Waals surface area contributed by atoms with Crippen LogP contribution >= 0.6 is 0 Å². The fraction of sp³-hybridized carbons (Fsp3) is 0.846. The first kappa shape index (κ1) is 16.7. The molecule has 0 amide bonds. The van der Waals surface area contributed by atoms with Gasteiger partial charge in [-0.1, -0.05) is 19.8 Å². The molecule has 0 heterocycles. The van der Waals surface area contributed by atoms with Crippen LogP contribution < -0.4 is 10.6 Å². The molecule has 0 aromatic heterocycles. The quantitative estimate of drug-likeness (QED) is 0.285. The molecule has 106 valence electrons. The molecule has 0 unspecified atom stereocenters. The maximum atomic E-state index is 11.1. The molecule has 0 rings (SSSR count). The first-order valence-electron chi connectivity index (χ1n) is 6.84. The molecule has 0 aromatic rings. The Balaban J connectivity index is 3.53. The summed E-state index contributed by atoms with van der Waals surface area (Å²) in [4.78, 5) is 15.2. The Morgan fingerprint density at radius 3 is 2.33 bits per heavy atom. The van der Waals surface area contributed by atoms with E-state index in [1.165, 1.54) is 12.8 Å². The topological polar surface area (TPSA) is 62.7 Å². The highest BCUT2D eigenvalue weighted by atomic mass is 16.5. The summed E-state index contributed by atoms with van der Waals surface area (Å²) < 4.78 is 4.85. The molecular formula is C13H27N3O2. The second-order valence-electron chi connectivity index (χ2n) is 4.04. The van der Waals surface area contributed by atoms with Crippen molar-refractivity contribution in [3.8, 4) is 0 Å². The Morgan fingerprint density at radius 2 is 1.78 bits per heavy atom. The summed E-state index contributed by atoms with van der Waals surface area (Å²) in [5, 5.41) is 6.42. The van der Waals surface area contributed by atoms with Crippen LogP contribution in [0.4, 0.5) is 0 Å². The van der Waals surface area contributed by atoms with Gasteiger partial charge in [0, 0.05) is 26.6 Å². The molecule has 0 fully saturated rings. The zero-order valence-electron chi connectivity index (χ0n) is 11.9. The molecule has 0 saturated carbocycles. The highest BCUT2D eigenvalue weighted by Gasteiger charge is 2.01. The van der Waals surface area contributed by atoms with E-state index in [2.05, 4.69) is 22.5 Å². The zero-order chi connectivity index (χ0) is 13.6. The maximum absolute atomic E-state index is 11.1. The molecule has 5 heteroatoms. The van der Waals surface area contributed by atoms with E-state index in [9.17, 15) is 4.79 Å². The number of nitrogens with zero attached hydrogens (tertiary/aromatic N) is 1. The summed E-state index contributed by atoms with van der Waals surface area (Å²) in [6.45, 7) is 6.12. The van der Waals surface area contributed by atoms with Gasteiger partial charge >= 0.3 is 5.97 Å². The number of nitrogens with one attached hydrogen (secondary N) is 2. The van der Waals surface area contributed by atoms with Gasteiger partial charge < -0.3 is 15.4 Å². The maximum Gasteiger partial charge on any atom is 0.305 e. The number of hydrogen-bond donors (Lipinski definition) is 2. The van der Waals surface area contributed by atoms with Crippen molar-refractivity contribution in [1.82, 2.24) is 10.6 Å². The minimum absolute atomic E-state index is 0.134. The molecule has 0 aliphatic heterocycles. The second kappa shape index (κ2) is 12.2. The smallest absolute Gasteiger partial charge is 0.305 e. The SMILES string of the molecule is CCCCCNC(=NC)NCCCC(=O)OCC. The first-order chi connectivity index (χ1) is 8.74. The van der Waals surface area contributed by atoms with Crippen LogP contribution in [0, 0.1) is 0 Å². The molecule has 0 aliphatic rings. The summed E-state index contributed by atoms with van der Waals surface area (Å²) in [6.07, 6.45) is 4.81. The minimum atomic E-state index is -0.134. The van der Waals surface area contributed by atoms with Crippen LogP contribution in [0.2, 0.25) is 0 Å². The van der Waals surface area contributed by atoms with Crippen molar-refractivity contribution < 1.29 is 9.53 Å². The molecule has 0 aromatic carbocycles. The summed E-state index contributed by atoms with van der Waals surface area (Å²) in [7, 11) is 1.75. The summed E-state index contributed by atoms with van der Waals surface area (Å²) >= 11 is 0. The number of ether oxygens (including phenoxy) is 1. The minimum Gasteiger partial charge on any atom is -0.466 e. The van der Waals surface area contributed by atoms with E-state index < -0.39 is 0 Å². The van der Waals surface area contributed by atoms with Crippen molar-refractivity contribution in [3.05, 3.63) is 0 Å². The van der Waals surface area contributed by atoms with Crippen molar-refractivity contribution in [3.63, 3.8) is 0 Å². The first-order valence-corrected chi connectivity index (χ1v) is 6.84. The van der Waals surface area contributed by atoms with E-state index in [0.717, 1.165) is 31.9 Å². The highest BCUT2D eigenvalue weighted by Crippen LogP contribution is 1.92. The number of carbonyl (C=O) groups excluding carboxylic acids is 1. The van der Waals surface area contributed by atoms with Crippen molar-refractivity contribution in [2.45, 2.75) is 46.0 Å². The molecule has 0 bridgehead atoms. The molecule has 2 N–H and O–H groups in total. The number of rotatable bonds is 9. The average molecular weight is 257 g/mol. The number of unbranched alkanes of at least 4 members (excludes halogenated alkanes) is 2. The molecule has 0 atom stereocenters. The van der Waals surface area contributed by atoms with Gasteiger partial charge in [-0.2, -0.15) is 0 Å². The van der Waals surface area contributed by atoms with Crippen LogP contribution in [0.5, 0.6) is 0 Å². The predicted octanol–water partition coefficient (Wildman–Crippen LogP) is 1.68. The normalized spacial score (nSPS) is 11.2. The summed E-state index contributed by atoms with van der Waals surface area (Å²) in [6, 6.07) is 0. The van der Waals surface area contributed by atoms with Crippen molar-refractivity contribution >= 4 is 11.9 Å². The molecule has 0 spiro atoms. The largest absolute Gasteiger partial charge is 0.466 e. The lowest BCUT2D eigenvalue weighted by Gasteiger charge is -2.11. The Bertz CT molecular complexity index is 242. The second-order valence-corrected chi connectivity index (χ2v) is 4.04. The lowest BCUT2D eigenvalue weighted by molar-refractivity contribution is -0.143. The zero-order valence-corrected chi connectivity index (χ0v) is 11.9. The number of carbonyl (C=O) groups is 1. The Morgan fingerprint density at radius 1 is 1.11 bits per heavy atom. The van der Waals surface area contributed by atoms with Crippen molar-refractivity contribution in [2.24, 2.45) is 4.99 Å². The Hall–Kier alpha value is -1.26. The van der Waals surface area contributed by atoms with Gasteiger partial charge in [0.2, 0.25) is 0 Å². The number of aliphatic imine (C=N–C) groups is 1. The lowest BCUT2D eigenvalue weighted by atomic mass is 10.2. The van der Waals surface area contributed by atoms with Crippen LogP contribution in [-0.2, 0) is 9.53 Å². The number of hydrogen-bond acceptors (Lipinski definition) is 3. The van der Waals surface area contributed by atoms with Crippen LogP contribution in [0.1, 0.15) is 46.0 Å². The predicted molar refractivity (Wildman–Crippen MR) is 74.8 cm³/mol. The Kier molecular flexibility index (Phi) is 11.3. The number of esters is 1. The van der Waals surface area contributed by atoms with E-state index in [1.54, 1.807) is 7.05 Å². The van der Waals surface area contributed by atoms with Crippen LogP contribution in [0.3, 0.4) is 0 Å². The fourth-order valence-electron chi connectivity index (χ4n) is 1.48. The van der Waals surface area contributed by atoms with Gasteiger partial charge in [0.25, 0.3) is 0 Å². The van der Waals surface area contributed by atoms with Gasteiger partial charge in [0.1, 0.15) is 0 Å². The van der Waals surface area contributed by atoms with E-state index >= 15 is 0 Å². The van der Waals surface area contributed by atoms with Gasteiger partial charge in [0.15, 0.2) is 5.96 Å². The van der Waals surface area contributed by atoms with Gasteiger partial charge in [-0.15, -0.1) is 0 Å². The third kappa shape index (κ3) is 9.93. The van der Waals surface area contributed by atoms with Crippen LogP contribution in [-0.4, -0.2) is 38.7 Å². The molecule has 0 aliphatic carbocycles. The molecular weight excluding hydrogens is 230 g/mol. The fourth-order valence-corrected chi connectivity index (χ4v) is 1.48. The average Bonchev–Trinajstić information content (AvgIpc) is 2.37. The third-order valence-electron chi connectivity index (χ3n) is 2.45. The monoisotopic (exact) mass is 257 g/mol. The Labute approximate surface area is 110 Å².